The Bertz CT molecular complexity index is 445. The minimum atomic E-state index is -0.00172. The van der Waals surface area contributed by atoms with Crippen LogP contribution in [-0.2, 0) is 9.53 Å². The molecule has 0 saturated heterocycles. The molecule has 0 heterocycles. The summed E-state index contributed by atoms with van der Waals surface area (Å²) in [6.45, 7) is 11.2. The highest BCUT2D eigenvalue weighted by atomic mass is 16.5. The van der Waals surface area contributed by atoms with Crippen LogP contribution in [0.15, 0.2) is 0 Å². The molecule has 0 atom stereocenters. The third-order valence-electron chi connectivity index (χ3n) is 8.60. The molecule has 0 bridgehead atoms. The lowest BCUT2D eigenvalue weighted by Gasteiger charge is -2.04. The Labute approximate surface area is 267 Å². The summed E-state index contributed by atoms with van der Waals surface area (Å²) in [5, 5.41) is 0. The topological polar surface area (TPSA) is 26.3 Å². The molecule has 0 spiro atoms. The molecule has 1 radical (unpaired) electrons. The fourth-order valence-electron chi connectivity index (χ4n) is 5.59. The molecule has 0 saturated carbocycles. The van der Waals surface area contributed by atoms with E-state index in [0.29, 0.717) is 13.0 Å². The third-order valence-corrected chi connectivity index (χ3v) is 8.60. The summed E-state index contributed by atoms with van der Waals surface area (Å²) < 4.78 is 5.16. The first-order chi connectivity index (χ1) is 20.7. The number of carbonyl (C=O) groups is 1. The van der Waals surface area contributed by atoms with Crippen LogP contribution in [0.1, 0.15) is 239 Å². The van der Waals surface area contributed by atoms with Crippen LogP contribution < -0.4 is 0 Å². The molecule has 0 aliphatic carbocycles. The van der Waals surface area contributed by atoms with Crippen LogP contribution in [0.2, 0.25) is 0 Å². The Morgan fingerprint density at radius 3 is 0.929 bits per heavy atom. The van der Waals surface area contributed by atoms with E-state index in [4.69, 9.17) is 4.74 Å². The van der Waals surface area contributed by atoms with Crippen molar-refractivity contribution in [2.24, 2.45) is 0 Å². The first-order valence-electron chi connectivity index (χ1n) is 19.7. The van der Waals surface area contributed by atoms with E-state index < -0.39 is 0 Å². The van der Waals surface area contributed by atoms with Gasteiger partial charge in [-0.15, -0.1) is 0 Å². The van der Waals surface area contributed by atoms with E-state index in [2.05, 4.69) is 27.7 Å². The number of hydrogen-bond donors (Lipinski definition) is 0. The molecule has 0 aromatic heterocycles. The first kappa shape index (κ1) is 43.6. The zero-order valence-corrected chi connectivity index (χ0v) is 29.8. The van der Waals surface area contributed by atoms with Gasteiger partial charge in [0.2, 0.25) is 0 Å². The maximum Gasteiger partial charge on any atom is 0.305 e. The molecule has 2 heteroatoms. The lowest BCUT2D eigenvalue weighted by Crippen LogP contribution is -2.05. The van der Waals surface area contributed by atoms with Gasteiger partial charge < -0.3 is 4.74 Å². The predicted molar refractivity (Wildman–Crippen MR) is 190 cm³/mol. The van der Waals surface area contributed by atoms with Crippen molar-refractivity contribution in [2.45, 2.75) is 239 Å². The molecule has 0 aromatic carbocycles. The highest BCUT2D eigenvalue weighted by Crippen LogP contribution is 2.15. The molecule has 0 fully saturated rings. The van der Waals surface area contributed by atoms with Crippen LogP contribution in [0.25, 0.3) is 0 Å². The highest BCUT2D eigenvalue weighted by Gasteiger charge is 2.02. The van der Waals surface area contributed by atoms with Crippen molar-refractivity contribution < 1.29 is 9.53 Å². The van der Waals surface area contributed by atoms with E-state index in [1.165, 1.54) is 186 Å². The molecule has 0 amide bonds. The van der Waals surface area contributed by atoms with Gasteiger partial charge in [0, 0.05) is 6.42 Å². The summed E-state index contributed by atoms with van der Waals surface area (Å²) >= 11 is 0. The van der Waals surface area contributed by atoms with Gasteiger partial charge in [0.15, 0.2) is 0 Å². The second kappa shape index (κ2) is 42.6. The van der Waals surface area contributed by atoms with Crippen LogP contribution in [0.5, 0.6) is 0 Å². The van der Waals surface area contributed by atoms with Crippen molar-refractivity contribution in [3.8, 4) is 0 Å². The Kier molecular flexibility index (Phi) is 44.2. The van der Waals surface area contributed by atoms with Crippen molar-refractivity contribution in [1.82, 2.24) is 0 Å². The quantitative estimate of drug-likeness (QED) is 0.0548. The molecule has 0 aliphatic rings. The van der Waals surface area contributed by atoms with Gasteiger partial charge >= 0.3 is 5.97 Å². The summed E-state index contributed by atoms with van der Waals surface area (Å²) in [6.07, 6.45) is 45.9. The van der Waals surface area contributed by atoms with Gasteiger partial charge in [0.05, 0.1) is 6.61 Å². The van der Waals surface area contributed by atoms with E-state index in [-0.39, 0.29) is 5.97 Å². The molecule has 253 valence electrons. The molecule has 2 nitrogen and oxygen atoms in total. The average molecular weight is 594 g/mol. The zero-order chi connectivity index (χ0) is 31.0. The summed E-state index contributed by atoms with van der Waals surface area (Å²) in [5.41, 5.74) is 0. The molecule has 0 aliphatic heterocycles. The molecular weight excluding hydrogens is 512 g/mol. The summed E-state index contributed by atoms with van der Waals surface area (Å²) in [5.74, 6) is -0.00172. The third kappa shape index (κ3) is 43.9. The molecule has 42 heavy (non-hydrogen) atoms. The normalized spacial score (nSPS) is 11.0. The minimum absolute atomic E-state index is 0.00172. The fourth-order valence-corrected chi connectivity index (χ4v) is 5.59. The summed E-state index contributed by atoms with van der Waals surface area (Å²) in [7, 11) is 0. The van der Waals surface area contributed by atoms with Crippen molar-refractivity contribution in [3.05, 3.63) is 6.92 Å². The van der Waals surface area contributed by atoms with Crippen LogP contribution >= 0.6 is 0 Å². The molecule has 0 rings (SSSR count). The lowest BCUT2D eigenvalue weighted by molar-refractivity contribution is -0.143. The van der Waals surface area contributed by atoms with Crippen molar-refractivity contribution in [2.75, 3.05) is 6.61 Å². The number of rotatable bonds is 34. The lowest BCUT2D eigenvalue weighted by atomic mass is 10.0. The zero-order valence-electron chi connectivity index (χ0n) is 29.8. The summed E-state index contributed by atoms with van der Waals surface area (Å²) in [6, 6.07) is 0. The average Bonchev–Trinajstić information content (AvgIpc) is 3.00. The van der Waals surface area contributed by atoms with Crippen molar-refractivity contribution in [3.63, 3.8) is 0 Å². The van der Waals surface area contributed by atoms with Gasteiger partial charge in [0.25, 0.3) is 0 Å². The minimum Gasteiger partial charge on any atom is -0.466 e. The number of carbonyl (C=O) groups excluding carboxylic acids is 1. The number of ether oxygens (including phenoxy) is 1. The second-order valence-corrected chi connectivity index (χ2v) is 13.1. The van der Waals surface area contributed by atoms with E-state index in [0.717, 1.165) is 25.7 Å². The van der Waals surface area contributed by atoms with Crippen molar-refractivity contribution >= 4 is 5.97 Å². The van der Waals surface area contributed by atoms with Crippen LogP contribution in [0.4, 0.5) is 0 Å². The van der Waals surface area contributed by atoms with Crippen molar-refractivity contribution in [1.29, 1.82) is 0 Å². The predicted octanol–water partition coefficient (Wildman–Crippen LogP) is 14.7. The van der Waals surface area contributed by atoms with E-state index in [1.54, 1.807) is 0 Å². The van der Waals surface area contributed by atoms with Gasteiger partial charge in [-0.25, -0.2) is 0 Å². The van der Waals surface area contributed by atoms with Crippen LogP contribution in [-0.4, -0.2) is 12.6 Å². The van der Waals surface area contributed by atoms with Gasteiger partial charge in [0.1, 0.15) is 0 Å². The van der Waals surface area contributed by atoms with Gasteiger partial charge in [-0.1, -0.05) is 227 Å². The highest BCUT2D eigenvalue weighted by molar-refractivity contribution is 5.69. The standard InChI is InChI=1S/C22H44O2.C18H37/c1-3-5-7-8-9-10-11-12-13-14-15-16-17-18-19-20-22(23)24-21-6-4-2;1-3-5-7-9-11-13-15-17-18-16-14-12-10-8-6-4-2/h3-21H2,1-2H3;1,3-18H2,2H3. The number of esters is 1. The fraction of sp³-hybridized carbons (Fsp3) is 0.950. The summed E-state index contributed by atoms with van der Waals surface area (Å²) in [4.78, 5) is 11.4. The van der Waals surface area contributed by atoms with E-state index in [9.17, 15) is 4.79 Å². The smallest absolute Gasteiger partial charge is 0.305 e. The Balaban J connectivity index is 0. The first-order valence-corrected chi connectivity index (χ1v) is 19.7. The van der Waals surface area contributed by atoms with E-state index >= 15 is 0 Å². The Morgan fingerprint density at radius 2 is 0.643 bits per heavy atom. The van der Waals surface area contributed by atoms with Gasteiger partial charge in [-0.2, -0.15) is 0 Å². The second-order valence-electron chi connectivity index (χ2n) is 13.1. The van der Waals surface area contributed by atoms with Crippen LogP contribution in [0.3, 0.4) is 0 Å². The number of unbranched alkanes of at least 4 members (excludes halogenated alkanes) is 30. The Morgan fingerprint density at radius 1 is 0.381 bits per heavy atom. The molecule has 0 unspecified atom stereocenters. The van der Waals surface area contributed by atoms with E-state index in [1.807, 2.05) is 0 Å². The SMILES string of the molecule is CCCCCCCCCCCCCCCCCC(=O)OCCCC.[CH2]CCCCCCCCCCCCCCCCC. The monoisotopic (exact) mass is 594 g/mol. The van der Waals surface area contributed by atoms with Gasteiger partial charge in [-0.05, 0) is 12.8 Å². The number of hydrogen-bond acceptors (Lipinski definition) is 2. The van der Waals surface area contributed by atoms with Gasteiger partial charge in [-0.3, -0.25) is 4.79 Å². The largest absolute Gasteiger partial charge is 0.466 e. The van der Waals surface area contributed by atoms with Crippen LogP contribution in [0, 0.1) is 6.92 Å². The Hall–Kier alpha value is -0.530. The maximum absolute atomic E-state index is 11.4. The molecular formula is C40H81O2. The molecule has 0 N–H and O–H groups in total. The molecule has 0 aromatic rings. The maximum atomic E-state index is 11.4.